The molecule has 0 aliphatic carbocycles. The molecule has 0 aliphatic heterocycles. The number of aryl methyl sites for hydroxylation is 1. The van der Waals surface area contributed by atoms with E-state index in [1.165, 1.54) is 6.92 Å². The minimum Gasteiger partial charge on any atom is -0.228 e. The minimum absolute atomic E-state index is 0.358. The molecule has 0 unspecified atom stereocenters. The molecule has 0 saturated heterocycles. The van der Waals surface area contributed by atoms with Gasteiger partial charge in [0.25, 0.3) is 0 Å². The zero-order valence-electron chi connectivity index (χ0n) is 4.86. The second kappa shape index (κ2) is 2.09. The van der Waals surface area contributed by atoms with Gasteiger partial charge in [-0.2, -0.15) is 4.39 Å². The van der Waals surface area contributed by atoms with Crippen molar-refractivity contribution in [2.45, 2.75) is 6.92 Å². The number of hydrogen-bond acceptors (Lipinski definition) is 1. The average molecular weight is 129 g/mol. The van der Waals surface area contributed by atoms with Gasteiger partial charge in [0.2, 0.25) is 5.95 Å². The summed E-state index contributed by atoms with van der Waals surface area (Å²) >= 11 is 0. The summed E-state index contributed by atoms with van der Waals surface area (Å²) in [5, 5.41) is 0. The molecule has 1 nitrogen and oxygen atoms in total. The van der Waals surface area contributed by atoms with Crippen molar-refractivity contribution in [1.82, 2.24) is 4.98 Å². The van der Waals surface area contributed by atoms with Crippen LogP contribution in [0.25, 0.3) is 0 Å². The highest BCUT2D eigenvalue weighted by Gasteiger charge is 1.97. The van der Waals surface area contributed by atoms with Crippen LogP contribution >= 0.6 is 0 Å². The summed E-state index contributed by atoms with van der Waals surface area (Å²) < 4.78 is 24.3. The van der Waals surface area contributed by atoms with Crippen LogP contribution in [0.2, 0.25) is 0 Å². The molecule has 48 valence electrons. The topological polar surface area (TPSA) is 12.9 Å². The molecule has 9 heavy (non-hydrogen) atoms. The highest BCUT2D eigenvalue weighted by molar-refractivity contribution is 5.09. The third-order valence-corrected chi connectivity index (χ3v) is 1.00. The first-order chi connectivity index (χ1) is 4.20. The van der Waals surface area contributed by atoms with E-state index in [1.807, 2.05) is 0 Å². The van der Waals surface area contributed by atoms with Crippen LogP contribution in [-0.2, 0) is 0 Å². The Bertz CT molecular complexity index is 222. The van der Waals surface area contributed by atoms with E-state index in [0.717, 1.165) is 12.3 Å². The van der Waals surface area contributed by atoms with E-state index in [2.05, 4.69) is 4.98 Å². The van der Waals surface area contributed by atoms with Crippen molar-refractivity contribution in [3.8, 4) is 0 Å². The van der Waals surface area contributed by atoms with Gasteiger partial charge >= 0.3 is 0 Å². The van der Waals surface area contributed by atoms with Crippen LogP contribution in [-0.4, -0.2) is 4.98 Å². The number of aromatic nitrogens is 1. The molecule has 0 bridgehead atoms. The molecule has 1 aromatic heterocycles. The number of nitrogens with zero attached hydrogens (tertiary/aromatic N) is 1. The summed E-state index contributed by atoms with van der Waals surface area (Å²) in [4.78, 5) is 3.23. The SMILES string of the molecule is Cc1cnc(F)cc1F. The summed E-state index contributed by atoms with van der Waals surface area (Å²) in [7, 11) is 0. The van der Waals surface area contributed by atoms with Gasteiger partial charge in [-0.25, -0.2) is 9.37 Å². The Kier molecular flexibility index (Phi) is 1.42. The van der Waals surface area contributed by atoms with Crippen molar-refractivity contribution in [1.29, 1.82) is 0 Å². The molecular formula is C6H5F2N. The lowest BCUT2D eigenvalue weighted by Crippen LogP contribution is -1.87. The minimum atomic E-state index is -0.780. The maximum atomic E-state index is 12.3. The fourth-order valence-electron chi connectivity index (χ4n) is 0.476. The van der Waals surface area contributed by atoms with Gasteiger partial charge in [0.05, 0.1) is 0 Å². The van der Waals surface area contributed by atoms with E-state index in [4.69, 9.17) is 0 Å². The second-order valence-electron chi connectivity index (χ2n) is 1.76. The molecule has 0 N–H and O–H groups in total. The fraction of sp³-hybridized carbons (Fsp3) is 0.167. The summed E-state index contributed by atoms with van der Waals surface area (Å²) in [5.41, 5.74) is 0.358. The Hall–Kier alpha value is -0.990. The standard InChI is InChI=1S/C6H5F2N/c1-4-3-9-6(8)2-5(4)7/h2-3H,1H3. The molecule has 0 saturated carbocycles. The smallest absolute Gasteiger partial charge is 0.215 e. The first-order valence-corrected chi connectivity index (χ1v) is 2.48. The molecule has 0 radical (unpaired) electrons. The van der Waals surface area contributed by atoms with Crippen molar-refractivity contribution in [2.75, 3.05) is 0 Å². The van der Waals surface area contributed by atoms with Gasteiger partial charge in [0.1, 0.15) is 5.82 Å². The first-order valence-electron chi connectivity index (χ1n) is 2.48. The Morgan fingerprint density at radius 3 is 2.56 bits per heavy atom. The van der Waals surface area contributed by atoms with Gasteiger partial charge in [-0.3, -0.25) is 0 Å². The second-order valence-corrected chi connectivity index (χ2v) is 1.76. The Balaban J connectivity index is 3.17. The van der Waals surface area contributed by atoms with E-state index >= 15 is 0 Å². The highest BCUT2D eigenvalue weighted by Crippen LogP contribution is 2.03. The van der Waals surface area contributed by atoms with Crippen LogP contribution in [0.3, 0.4) is 0 Å². The Morgan fingerprint density at radius 1 is 1.44 bits per heavy atom. The molecule has 0 atom stereocenters. The van der Waals surface area contributed by atoms with E-state index in [1.54, 1.807) is 0 Å². The Labute approximate surface area is 51.3 Å². The van der Waals surface area contributed by atoms with Gasteiger partial charge in [-0.15, -0.1) is 0 Å². The van der Waals surface area contributed by atoms with Crippen molar-refractivity contribution in [3.05, 3.63) is 29.6 Å². The van der Waals surface area contributed by atoms with E-state index in [0.29, 0.717) is 5.56 Å². The molecule has 0 amide bonds. The lowest BCUT2D eigenvalue weighted by molar-refractivity contribution is 0.547. The van der Waals surface area contributed by atoms with E-state index in [9.17, 15) is 8.78 Å². The number of rotatable bonds is 0. The molecule has 1 aromatic rings. The zero-order chi connectivity index (χ0) is 6.85. The zero-order valence-corrected chi connectivity index (χ0v) is 4.86. The number of hydrogen-bond donors (Lipinski definition) is 0. The normalized spacial score (nSPS) is 9.67. The van der Waals surface area contributed by atoms with E-state index < -0.39 is 11.8 Å². The van der Waals surface area contributed by atoms with Crippen LogP contribution in [0, 0.1) is 18.7 Å². The van der Waals surface area contributed by atoms with Crippen LogP contribution in [0.4, 0.5) is 8.78 Å². The first kappa shape index (κ1) is 6.13. The molecular weight excluding hydrogens is 124 g/mol. The van der Waals surface area contributed by atoms with Gasteiger partial charge < -0.3 is 0 Å². The maximum Gasteiger partial charge on any atom is 0.215 e. The van der Waals surface area contributed by atoms with Crippen molar-refractivity contribution in [2.24, 2.45) is 0 Å². The van der Waals surface area contributed by atoms with Gasteiger partial charge in [0, 0.05) is 17.8 Å². The highest BCUT2D eigenvalue weighted by atomic mass is 19.1. The monoisotopic (exact) mass is 129 g/mol. The molecule has 1 heterocycles. The third kappa shape index (κ3) is 1.22. The maximum absolute atomic E-state index is 12.3. The lowest BCUT2D eigenvalue weighted by atomic mass is 10.3. The van der Waals surface area contributed by atoms with Crippen LogP contribution in [0.1, 0.15) is 5.56 Å². The summed E-state index contributed by atoms with van der Waals surface area (Å²) in [6, 6.07) is 0.759. The third-order valence-electron chi connectivity index (χ3n) is 1.00. The lowest BCUT2D eigenvalue weighted by Gasteiger charge is -1.91. The summed E-state index contributed by atoms with van der Waals surface area (Å²) in [5.74, 6) is -1.33. The van der Waals surface area contributed by atoms with Crippen LogP contribution < -0.4 is 0 Å². The summed E-state index contributed by atoms with van der Waals surface area (Å²) in [6.07, 6.45) is 1.16. The van der Waals surface area contributed by atoms with E-state index in [-0.39, 0.29) is 0 Å². The molecule has 0 aromatic carbocycles. The van der Waals surface area contributed by atoms with Gasteiger partial charge in [0.15, 0.2) is 0 Å². The predicted molar refractivity (Wildman–Crippen MR) is 28.9 cm³/mol. The largest absolute Gasteiger partial charge is 0.228 e. The molecule has 3 heteroatoms. The number of halogens is 2. The predicted octanol–water partition coefficient (Wildman–Crippen LogP) is 1.67. The van der Waals surface area contributed by atoms with Crippen molar-refractivity contribution in [3.63, 3.8) is 0 Å². The fourth-order valence-corrected chi connectivity index (χ4v) is 0.476. The van der Waals surface area contributed by atoms with Gasteiger partial charge in [-0.05, 0) is 6.92 Å². The van der Waals surface area contributed by atoms with Crippen LogP contribution in [0.15, 0.2) is 12.3 Å². The van der Waals surface area contributed by atoms with Gasteiger partial charge in [-0.1, -0.05) is 0 Å². The molecule has 0 aliphatic rings. The summed E-state index contributed by atoms with van der Waals surface area (Å²) in [6.45, 7) is 1.53. The molecule has 0 fully saturated rings. The van der Waals surface area contributed by atoms with Crippen molar-refractivity contribution < 1.29 is 8.78 Å². The quantitative estimate of drug-likeness (QED) is 0.485. The average Bonchev–Trinajstić information content (AvgIpc) is 1.80. The Morgan fingerprint density at radius 2 is 2.11 bits per heavy atom. The molecule has 0 spiro atoms. The van der Waals surface area contributed by atoms with Crippen LogP contribution in [0.5, 0.6) is 0 Å². The molecule has 1 rings (SSSR count). The van der Waals surface area contributed by atoms with Crippen molar-refractivity contribution >= 4 is 0 Å². The number of pyridine rings is 1.